The molecule has 120 valence electrons. The van der Waals surface area contributed by atoms with Crippen LogP contribution in [0, 0.1) is 0 Å². The predicted molar refractivity (Wildman–Crippen MR) is 86.4 cm³/mol. The molecule has 23 heavy (non-hydrogen) atoms. The maximum absolute atomic E-state index is 11.5. The number of benzene rings is 2. The number of fused-ring (bicyclic) bond motifs is 1. The molecule has 0 bridgehead atoms. The van der Waals surface area contributed by atoms with Gasteiger partial charge in [-0.15, -0.1) is 0 Å². The Balaban J connectivity index is 0.00000264. The molecule has 2 aromatic carbocycles. The van der Waals surface area contributed by atoms with Gasteiger partial charge in [0.1, 0.15) is 0 Å². The molecule has 0 amide bonds. The molecular formula is C11H11N2NaO6S3. The Morgan fingerprint density at radius 2 is 1.61 bits per heavy atom. The second-order valence-electron chi connectivity index (χ2n) is 4.16. The predicted octanol–water partition coefficient (Wildman–Crippen LogP) is -1.76. The smallest absolute Gasteiger partial charge is 1.00 e. The van der Waals surface area contributed by atoms with Crippen LogP contribution >= 0.6 is 12.2 Å². The van der Waals surface area contributed by atoms with Gasteiger partial charge in [-0.05, 0) is 35.1 Å². The Kier molecular flexibility index (Phi) is 6.52. The van der Waals surface area contributed by atoms with Gasteiger partial charge in [0.05, 0.1) is 5.69 Å². The number of hydrogen-bond donors (Lipinski definition) is 3. The molecular weight excluding hydrogens is 375 g/mol. The van der Waals surface area contributed by atoms with Crippen molar-refractivity contribution in [3.8, 4) is 0 Å². The van der Waals surface area contributed by atoms with E-state index in [1.807, 2.05) is 0 Å². The summed E-state index contributed by atoms with van der Waals surface area (Å²) >= 11 is 4.61. The average molecular weight is 386 g/mol. The third-order valence-corrected chi connectivity index (χ3v) is 4.43. The van der Waals surface area contributed by atoms with E-state index in [4.69, 9.17) is 4.55 Å². The molecule has 0 spiro atoms. The van der Waals surface area contributed by atoms with Crippen LogP contribution in [0.15, 0.2) is 42.5 Å². The Labute approximate surface area is 162 Å². The number of nitrogens with one attached hydrogen (secondary N) is 1. The van der Waals surface area contributed by atoms with Gasteiger partial charge in [0.25, 0.3) is 0 Å². The summed E-state index contributed by atoms with van der Waals surface area (Å²) in [4.78, 5) is 0. The number of hydrogen-bond acceptors (Lipinski definition) is 5. The molecule has 0 saturated carbocycles. The Morgan fingerprint density at radius 3 is 2.13 bits per heavy atom. The largest absolute Gasteiger partial charge is 1.00 e. The van der Waals surface area contributed by atoms with Crippen LogP contribution in [0.1, 0.15) is 1.43 Å². The first-order valence-corrected chi connectivity index (χ1v) is 8.88. The molecule has 0 saturated heterocycles. The van der Waals surface area contributed by atoms with E-state index < -0.39 is 25.7 Å². The van der Waals surface area contributed by atoms with Crippen molar-refractivity contribution >= 4 is 54.4 Å². The maximum Gasteiger partial charge on any atom is 1.00 e. The third-order valence-electron chi connectivity index (χ3n) is 2.60. The second-order valence-corrected chi connectivity index (χ2v) is 6.96. The molecule has 0 heterocycles. The van der Waals surface area contributed by atoms with Crippen molar-refractivity contribution in [3.05, 3.63) is 42.5 Å². The summed E-state index contributed by atoms with van der Waals surface area (Å²) in [5.74, 6) is 0. The standard InChI is InChI=1S/C11H10N2O6S3.Na.H/c14-21(15,16)12-11(20)13(22(17,18)19)10-6-5-8-3-1-2-4-9(8)7-10;;/h1-7H,(H,12,20)(H,14,15,16)(H,17,18,19);;/q;+1;-1. The molecule has 0 radical (unpaired) electrons. The zero-order valence-electron chi connectivity index (χ0n) is 12.7. The molecule has 12 heteroatoms. The topological polar surface area (TPSA) is 124 Å². The van der Waals surface area contributed by atoms with Gasteiger partial charge in [-0.1, -0.05) is 30.3 Å². The molecule has 0 aromatic heterocycles. The molecule has 8 nitrogen and oxygen atoms in total. The summed E-state index contributed by atoms with van der Waals surface area (Å²) < 4.78 is 64.0. The Morgan fingerprint density at radius 1 is 1.04 bits per heavy atom. The van der Waals surface area contributed by atoms with Gasteiger partial charge in [0, 0.05) is 0 Å². The van der Waals surface area contributed by atoms with Gasteiger partial charge in [-0.25, -0.2) is 4.72 Å². The molecule has 0 unspecified atom stereocenters. The normalized spacial score (nSPS) is 11.6. The van der Waals surface area contributed by atoms with Crippen LogP contribution < -0.4 is 38.6 Å². The number of anilines is 1. The minimum atomic E-state index is -4.90. The van der Waals surface area contributed by atoms with Crippen molar-refractivity contribution in [1.29, 1.82) is 0 Å². The van der Waals surface area contributed by atoms with Crippen LogP contribution in [-0.4, -0.2) is 31.1 Å². The first-order valence-electron chi connectivity index (χ1n) is 5.64. The van der Waals surface area contributed by atoms with Crippen molar-refractivity contribution in [3.63, 3.8) is 0 Å². The van der Waals surface area contributed by atoms with Crippen molar-refractivity contribution < 1.29 is 56.9 Å². The van der Waals surface area contributed by atoms with Crippen LogP contribution in [0.5, 0.6) is 0 Å². The summed E-state index contributed by atoms with van der Waals surface area (Å²) in [6, 6.07) is 11.3. The van der Waals surface area contributed by atoms with E-state index in [0.29, 0.717) is 5.39 Å². The second kappa shape index (κ2) is 7.40. The summed E-state index contributed by atoms with van der Waals surface area (Å²) in [7, 11) is -9.69. The van der Waals surface area contributed by atoms with Crippen molar-refractivity contribution in [1.82, 2.24) is 4.72 Å². The molecule has 2 aromatic rings. The number of thiocarbonyl (C=S) groups is 1. The van der Waals surface area contributed by atoms with E-state index in [1.54, 1.807) is 30.3 Å². The van der Waals surface area contributed by atoms with Gasteiger partial charge in [0.2, 0.25) is 5.11 Å². The third kappa shape index (κ3) is 5.36. The van der Waals surface area contributed by atoms with Crippen molar-refractivity contribution in [2.45, 2.75) is 0 Å². The zero-order chi connectivity index (χ0) is 16.5. The first kappa shape index (κ1) is 20.3. The fourth-order valence-corrected chi connectivity index (χ4v) is 3.52. The zero-order valence-corrected chi connectivity index (χ0v) is 16.2. The molecule has 0 fully saturated rings. The van der Waals surface area contributed by atoms with Gasteiger partial charge in [-0.2, -0.15) is 21.1 Å². The molecule has 0 aliphatic carbocycles. The van der Waals surface area contributed by atoms with Crippen LogP contribution in [0.4, 0.5) is 5.69 Å². The minimum Gasteiger partial charge on any atom is -1.00 e. The van der Waals surface area contributed by atoms with Gasteiger partial charge >= 0.3 is 50.2 Å². The van der Waals surface area contributed by atoms with Crippen LogP contribution in [0.25, 0.3) is 10.8 Å². The van der Waals surface area contributed by atoms with E-state index in [2.05, 4.69) is 12.2 Å². The SMILES string of the molecule is O=S(=O)(O)NC(=S)N(c1ccc2ccccc2c1)S(=O)(=O)O.[H-].[Na+]. The van der Waals surface area contributed by atoms with Gasteiger partial charge < -0.3 is 1.43 Å². The summed E-state index contributed by atoms with van der Waals surface area (Å²) in [5.41, 5.74) is -0.0950. The monoisotopic (exact) mass is 386 g/mol. The Hall–Kier alpha value is -0.790. The average Bonchev–Trinajstić information content (AvgIpc) is 2.34. The van der Waals surface area contributed by atoms with Gasteiger partial charge in [-0.3, -0.25) is 9.11 Å². The first-order chi connectivity index (χ1) is 10.1. The summed E-state index contributed by atoms with van der Waals surface area (Å²) in [6.45, 7) is 0. The summed E-state index contributed by atoms with van der Waals surface area (Å²) in [5, 5.41) is 0.527. The molecule has 2 rings (SSSR count). The summed E-state index contributed by atoms with van der Waals surface area (Å²) in [6.07, 6.45) is 0. The number of rotatable bonds is 3. The minimum absolute atomic E-state index is 0. The Bertz CT molecular complexity index is 951. The van der Waals surface area contributed by atoms with E-state index in [1.165, 1.54) is 16.9 Å². The van der Waals surface area contributed by atoms with E-state index in [-0.39, 0.29) is 41.0 Å². The van der Waals surface area contributed by atoms with Crippen LogP contribution in [0.2, 0.25) is 0 Å². The van der Waals surface area contributed by atoms with E-state index >= 15 is 0 Å². The van der Waals surface area contributed by atoms with E-state index in [0.717, 1.165) is 5.39 Å². The maximum atomic E-state index is 11.5. The van der Waals surface area contributed by atoms with Crippen molar-refractivity contribution in [2.24, 2.45) is 0 Å². The number of nitrogens with zero attached hydrogens (tertiary/aromatic N) is 1. The molecule has 0 aliphatic rings. The van der Waals surface area contributed by atoms with Crippen LogP contribution in [-0.2, 0) is 20.6 Å². The molecule has 0 aliphatic heterocycles. The molecule has 3 N–H and O–H groups in total. The quantitative estimate of drug-likeness (QED) is 0.324. The van der Waals surface area contributed by atoms with Crippen molar-refractivity contribution in [2.75, 3.05) is 4.31 Å². The fraction of sp³-hybridized carbons (Fsp3) is 0. The van der Waals surface area contributed by atoms with Crippen LogP contribution in [0.3, 0.4) is 0 Å². The van der Waals surface area contributed by atoms with Gasteiger partial charge in [0.15, 0.2) is 0 Å². The molecule has 0 atom stereocenters. The van der Waals surface area contributed by atoms with E-state index in [9.17, 15) is 21.4 Å². The fourth-order valence-electron chi connectivity index (χ4n) is 1.81.